The number of para-hydroxylation sites is 1. The molecule has 0 spiro atoms. The van der Waals surface area contributed by atoms with E-state index in [9.17, 15) is 4.79 Å². The molecule has 31 heavy (non-hydrogen) atoms. The van der Waals surface area contributed by atoms with Gasteiger partial charge in [0.05, 0.1) is 25.4 Å². The summed E-state index contributed by atoms with van der Waals surface area (Å²) in [5.41, 5.74) is 2.83. The Morgan fingerprint density at radius 3 is 2.48 bits per heavy atom. The van der Waals surface area contributed by atoms with Crippen LogP contribution in [0.3, 0.4) is 0 Å². The van der Waals surface area contributed by atoms with Crippen LogP contribution in [-0.4, -0.2) is 54.3 Å². The van der Waals surface area contributed by atoms with Crippen LogP contribution in [0.15, 0.2) is 65.2 Å². The van der Waals surface area contributed by atoms with Gasteiger partial charge in [0.25, 0.3) is 0 Å². The first-order chi connectivity index (χ1) is 15.1. The predicted octanol–water partition coefficient (Wildman–Crippen LogP) is 3.61. The number of hydrogen-bond donors (Lipinski definition) is 1. The van der Waals surface area contributed by atoms with Crippen LogP contribution in [0.5, 0.6) is 5.75 Å². The Kier molecular flexibility index (Phi) is 6.52. The SMILES string of the molecule is COc1ccccc1C(NC(=O)N1CCN(Cc2cc(C)no2)CC1)c1ccccc1. The molecular weight excluding hydrogens is 392 g/mol. The van der Waals surface area contributed by atoms with E-state index in [4.69, 9.17) is 9.26 Å². The normalized spacial score (nSPS) is 15.5. The van der Waals surface area contributed by atoms with Crippen LogP contribution in [0.25, 0.3) is 0 Å². The molecule has 4 rings (SSSR count). The van der Waals surface area contributed by atoms with Gasteiger partial charge in [-0.1, -0.05) is 53.7 Å². The summed E-state index contributed by atoms with van der Waals surface area (Å²) in [5, 5.41) is 7.17. The van der Waals surface area contributed by atoms with Gasteiger partial charge in [0.1, 0.15) is 5.75 Å². The molecule has 2 amide bonds. The van der Waals surface area contributed by atoms with Crippen LogP contribution in [0, 0.1) is 6.92 Å². The molecule has 2 heterocycles. The second-order valence-corrected chi connectivity index (χ2v) is 7.73. The predicted molar refractivity (Wildman–Crippen MR) is 118 cm³/mol. The zero-order valence-electron chi connectivity index (χ0n) is 18.0. The lowest BCUT2D eigenvalue weighted by molar-refractivity contribution is 0.127. The third-order valence-electron chi connectivity index (χ3n) is 5.57. The van der Waals surface area contributed by atoms with Crippen molar-refractivity contribution in [2.24, 2.45) is 0 Å². The maximum Gasteiger partial charge on any atom is 0.318 e. The van der Waals surface area contributed by atoms with Gasteiger partial charge in [-0.2, -0.15) is 0 Å². The number of benzene rings is 2. The summed E-state index contributed by atoms with van der Waals surface area (Å²) in [6.07, 6.45) is 0. The number of rotatable bonds is 6. The van der Waals surface area contributed by atoms with Crippen LogP contribution in [-0.2, 0) is 6.54 Å². The Balaban J connectivity index is 1.43. The van der Waals surface area contributed by atoms with E-state index in [2.05, 4.69) is 15.4 Å². The monoisotopic (exact) mass is 420 g/mol. The highest BCUT2D eigenvalue weighted by Gasteiger charge is 2.26. The molecule has 1 unspecified atom stereocenters. The van der Waals surface area contributed by atoms with Crippen molar-refractivity contribution in [3.63, 3.8) is 0 Å². The lowest BCUT2D eigenvalue weighted by Crippen LogP contribution is -2.52. The van der Waals surface area contributed by atoms with Crippen molar-refractivity contribution >= 4 is 6.03 Å². The molecule has 0 saturated carbocycles. The fourth-order valence-corrected chi connectivity index (χ4v) is 3.93. The Hall–Kier alpha value is -3.32. The van der Waals surface area contributed by atoms with E-state index >= 15 is 0 Å². The molecule has 162 valence electrons. The molecule has 1 atom stereocenters. The first-order valence-corrected chi connectivity index (χ1v) is 10.5. The smallest absolute Gasteiger partial charge is 0.318 e. The van der Waals surface area contributed by atoms with Gasteiger partial charge in [-0.3, -0.25) is 4.90 Å². The number of nitrogens with zero attached hydrogens (tertiary/aromatic N) is 3. The second-order valence-electron chi connectivity index (χ2n) is 7.73. The second kappa shape index (κ2) is 9.66. The number of nitrogens with one attached hydrogen (secondary N) is 1. The highest BCUT2D eigenvalue weighted by molar-refractivity contribution is 5.75. The molecule has 1 aliphatic rings. The number of urea groups is 1. The molecule has 7 heteroatoms. The molecule has 2 aromatic carbocycles. The number of aromatic nitrogens is 1. The molecule has 7 nitrogen and oxygen atoms in total. The van der Waals surface area contributed by atoms with Gasteiger partial charge in [-0.15, -0.1) is 0 Å². The largest absolute Gasteiger partial charge is 0.496 e. The fourth-order valence-electron chi connectivity index (χ4n) is 3.93. The van der Waals surface area contributed by atoms with Crippen molar-refractivity contribution in [1.82, 2.24) is 20.3 Å². The highest BCUT2D eigenvalue weighted by Crippen LogP contribution is 2.30. The van der Waals surface area contributed by atoms with Crippen molar-refractivity contribution in [2.75, 3.05) is 33.3 Å². The number of methoxy groups -OCH3 is 1. The molecule has 0 aliphatic carbocycles. The van der Waals surface area contributed by atoms with Gasteiger partial charge < -0.3 is 19.5 Å². The summed E-state index contributed by atoms with van der Waals surface area (Å²) >= 11 is 0. The molecule has 1 fully saturated rings. The zero-order chi connectivity index (χ0) is 21.6. The van der Waals surface area contributed by atoms with E-state index in [1.807, 2.05) is 72.5 Å². The van der Waals surface area contributed by atoms with Crippen molar-refractivity contribution < 1.29 is 14.1 Å². The lowest BCUT2D eigenvalue weighted by atomic mass is 9.98. The number of hydrogen-bond acceptors (Lipinski definition) is 5. The zero-order valence-corrected chi connectivity index (χ0v) is 18.0. The Morgan fingerprint density at radius 1 is 1.10 bits per heavy atom. The van der Waals surface area contributed by atoms with Crippen molar-refractivity contribution in [3.05, 3.63) is 83.2 Å². The lowest BCUT2D eigenvalue weighted by Gasteiger charge is -2.35. The van der Waals surface area contributed by atoms with E-state index < -0.39 is 0 Å². The van der Waals surface area contributed by atoms with Gasteiger partial charge >= 0.3 is 6.03 Å². The van der Waals surface area contributed by atoms with Crippen LogP contribution in [0.1, 0.15) is 28.6 Å². The molecule has 0 bridgehead atoms. The quantitative estimate of drug-likeness (QED) is 0.660. The topological polar surface area (TPSA) is 70.8 Å². The molecule has 1 aliphatic heterocycles. The van der Waals surface area contributed by atoms with Crippen LogP contribution >= 0.6 is 0 Å². The maximum atomic E-state index is 13.2. The molecule has 1 aromatic heterocycles. The molecule has 1 N–H and O–H groups in total. The Bertz CT molecular complexity index is 997. The molecule has 1 saturated heterocycles. The van der Waals surface area contributed by atoms with E-state index in [1.54, 1.807) is 7.11 Å². The number of carbonyl (C=O) groups excluding carboxylic acids is 1. The van der Waals surface area contributed by atoms with E-state index in [-0.39, 0.29) is 12.1 Å². The number of aryl methyl sites for hydroxylation is 1. The number of ether oxygens (including phenoxy) is 1. The number of amides is 2. The van der Waals surface area contributed by atoms with E-state index in [1.165, 1.54) is 0 Å². The maximum absolute atomic E-state index is 13.2. The molecular formula is C24H28N4O3. The standard InChI is InChI=1S/C24H28N4O3/c1-18-16-20(31-26-18)17-27-12-14-28(15-13-27)24(29)25-23(19-8-4-3-5-9-19)21-10-6-7-11-22(21)30-2/h3-11,16,23H,12-15,17H2,1-2H3,(H,25,29). The van der Waals surface area contributed by atoms with Crippen molar-refractivity contribution in [2.45, 2.75) is 19.5 Å². The third kappa shape index (κ3) is 5.06. The molecule has 3 aromatic rings. The van der Waals surface area contributed by atoms with Gasteiger partial charge in [-0.25, -0.2) is 4.79 Å². The fraction of sp³-hybridized carbons (Fsp3) is 0.333. The first kappa shape index (κ1) is 20.9. The minimum atomic E-state index is -0.292. The minimum Gasteiger partial charge on any atom is -0.496 e. The van der Waals surface area contributed by atoms with Crippen molar-refractivity contribution in [3.8, 4) is 5.75 Å². The summed E-state index contributed by atoms with van der Waals surface area (Å²) in [4.78, 5) is 17.3. The van der Waals surface area contributed by atoms with Gasteiger partial charge in [0.15, 0.2) is 5.76 Å². The third-order valence-corrected chi connectivity index (χ3v) is 5.57. The Morgan fingerprint density at radius 2 is 1.81 bits per heavy atom. The highest BCUT2D eigenvalue weighted by atomic mass is 16.5. The average Bonchev–Trinajstić information content (AvgIpc) is 3.22. The summed E-state index contributed by atoms with van der Waals surface area (Å²) in [5.74, 6) is 1.61. The van der Waals surface area contributed by atoms with Crippen molar-refractivity contribution in [1.29, 1.82) is 0 Å². The average molecular weight is 421 g/mol. The summed E-state index contributed by atoms with van der Waals surface area (Å²) < 4.78 is 10.9. The van der Waals surface area contributed by atoms with Gasteiger partial charge in [0.2, 0.25) is 0 Å². The van der Waals surface area contributed by atoms with E-state index in [0.717, 1.165) is 41.4 Å². The summed E-state index contributed by atoms with van der Waals surface area (Å²) in [7, 11) is 1.65. The van der Waals surface area contributed by atoms with Crippen LogP contribution in [0.2, 0.25) is 0 Å². The first-order valence-electron chi connectivity index (χ1n) is 10.5. The van der Waals surface area contributed by atoms with Crippen LogP contribution in [0.4, 0.5) is 4.79 Å². The summed E-state index contributed by atoms with van der Waals surface area (Å²) in [6.45, 7) is 5.53. The van der Waals surface area contributed by atoms with Crippen LogP contribution < -0.4 is 10.1 Å². The number of piperazine rings is 1. The minimum absolute atomic E-state index is 0.0741. The van der Waals surface area contributed by atoms with Gasteiger partial charge in [-0.05, 0) is 18.6 Å². The number of carbonyl (C=O) groups is 1. The molecule has 0 radical (unpaired) electrons. The summed E-state index contributed by atoms with van der Waals surface area (Å²) in [6, 6.07) is 19.4. The Labute approximate surface area is 182 Å². The van der Waals surface area contributed by atoms with Gasteiger partial charge in [0, 0.05) is 37.8 Å². The van der Waals surface area contributed by atoms with E-state index in [0.29, 0.717) is 19.6 Å².